The number of carbonyl (C=O) groups excluding carboxylic acids is 1. The van der Waals surface area contributed by atoms with Gasteiger partial charge in [0.15, 0.2) is 0 Å². The zero-order chi connectivity index (χ0) is 11.1. The number of carbonyl (C=O) groups is 1. The minimum atomic E-state index is -0.180. The Hall–Kier alpha value is -0.610. The second-order valence-electron chi connectivity index (χ2n) is 4.59. The third-order valence-corrected chi connectivity index (χ3v) is 3.11. The maximum atomic E-state index is 11.3. The van der Waals surface area contributed by atoms with Crippen LogP contribution in [-0.4, -0.2) is 24.5 Å². The predicted octanol–water partition coefficient (Wildman–Crippen LogP) is 0.503. The first kappa shape index (κ1) is 12.5. The molecule has 4 nitrogen and oxygen atoms in total. The lowest BCUT2D eigenvalue weighted by Crippen LogP contribution is -2.50. The van der Waals surface area contributed by atoms with Crippen LogP contribution in [0, 0.1) is 0 Å². The van der Waals surface area contributed by atoms with Crippen LogP contribution in [0.2, 0.25) is 0 Å². The summed E-state index contributed by atoms with van der Waals surface area (Å²) in [5.41, 5.74) is 11.4. The molecular formula is C11H23N3O. The van der Waals surface area contributed by atoms with Crippen LogP contribution in [0.4, 0.5) is 0 Å². The molecule has 5 N–H and O–H groups in total. The Labute approximate surface area is 91.8 Å². The molecule has 0 radical (unpaired) electrons. The quantitative estimate of drug-likeness (QED) is 0.595. The Bertz CT molecular complexity index is 198. The molecule has 1 amide bonds. The van der Waals surface area contributed by atoms with Gasteiger partial charge in [-0.25, -0.2) is 0 Å². The molecule has 1 saturated carbocycles. The first-order chi connectivity index (χ1) is 7.16. The second kappa shape index (κ2) is 6.08. The molecule has 1 fully saturated rings. The fraction of sp³-hybridized carbons (Fsp3) is 0.909. The third-order valence-electron chi connectivity index (χ3n) is 3.11. The van der Waals surface area contributed by atoms with Gasteiger partial charge < -0.3 is 16.8 Å². The summed E-state index contributed by atoms with van der Waals surface area (Å²) in [5.74, 6) is 0.0200. The maximum absolute atomic E-state index is 11.3. The molecule has 1 aliphatic rings. The lowest BCUT2D eigenvalue weighted by Gasteiger charge is -2.28. The van der Waals surface area contributed by atoms with E-state index in [1.54, 1.807) is 0 Å². The van der Waals surface area contributed by atoms with Crippen molar-refractivity contribution in [3.05, 3.63) is 0 Å². The van der Waals surface area contributed by atoms with Crippen molar-refractivity contribution in [3.63, 3.8) is 0 Å². The number of rotatable bonds is 4. The molecule has 0 atom stereocenters. The second-order valence-corrected chi connectivity index (χ2v) is 4.59. The van der Waals surface area contributed by atoms with Gasteiger partial charge in [-0.2, -0.15) is 0 Å². The van der Waals surface area contributed by atoms with Crippen LogP contribution in [0.3, 0.4) is 0 Å². The molecule has 0 aromatic heterocycles. The molecule has 0 aliphatic heterocycles. The van der Waals surface area contributed by atoms with E-state index in [1.807, 2.05) is 0 Å². The van der Waals surface area contributed by atoms with Gasteiger partial charge in [0, 0.05) is 25.0 Å². The Morgan fingerprint density at radius 3 is 2.33 bits per heavy atom. The first-order valence-electron chi connectivity index (χ1n) is 5.92. The van der Waals surface area contributed by atoms with Crippen molar-refractivity contribution >= 4 is 5.91 Å². The van der Waals surface area contributed by atoms with Gasteiger partial charge in [-0.15, -0.1) is 0 Å². The van der Waals surface area contributed by atoms with Gasteiger partial charge in [-0.1, -0.05) is 25.7 Å². The molecule has 0 unspecified atom stereocenters. The van der Waals surface area contributed by atoms with Crippen LogP contribution in [-0.2, 0) is 4.79 Å². The molecule has 1 aliphatic carbocycles. The van der Waals surface area contributed by atoms with E-state index in [1.165, 1.54) is 25.7 Å². The summed E-state index contributed by atoms with van der Waals surface area (Å²) >= 11 is 0. The van der Waals surface area contributed by atoms with Crippen molar-refractivity contribution in [3.8, 4) is 0 Å². The molecule has 0 aromatic carbocycles. The number of amides is 1. The van der Waals surface area contributed by atoms with E-state index in [-0.39, 0.29) is 11.4 Å². The molecular weight excluding hydrogens is 190 g/mol. The zero-order valence-corrected chi connectivity index (χ0v) is 9.43. The van der Waals surface area contributed by atoms with Gasteiger partial charge in [0.05, 0.1) is 0 Å². The average Bonchev–Trinajstić information content (AvgIpc) is 2.42. The highest BCUT2D eigenvalue weighted by molar-refractivity contribution is 5.76. The Morgan fingerprint density at radius 1 is 1.20 bits per heavy atom. The molecule has 88 valence electrons. The van der Waals surface area contributed by atoms with Crippen molar-refractivity contribution < 1.29 is 4.79 Å². The van der Waals surface area contributed by atoms with Crippen molar-refractivity contribution in [2.24, 2.45) is 11.5 Å². The van der Waals surface area contributed by atoms with Crippen LogP contribution >= 0.6 is 0 Å². The summed E-state index contributed by atoms with van der Waals surface area (Å²) in [6.45, 7) is 1.01. The summed E-state index contributed by atoms with van der Waals surface area (Å²) in [7, 11) is 0. The third kappa shape index (κ3) is 4.62. The highest BCUT2D eigenvalue weighted by Crippen LogP contribution is 2.24. The molecule has 0 bridgehead atoms. The summed E-state index contributed by atoms with van der Waals surface area (Å²) in [4.78, 5) is 11.3. The Balaban J connectivity index is 2.30. The summed E-state index contributed by atoms with van der Waals surface area (Å²) < 4.78 is 0. The van der Waals surface area contributed by atoms with E-state index in [2.05, 4.69) is 5.32 Å². The lowest BCUT2D eigenvalue weighted by molar-refractivity contribution is -0.121. The lowest BCUT2D eigenvalue weighted by atomic mass is 9.91. The smallest absolute Gasteiger partial charge is 0.221 e. The predicted molar refractivity (Wildman–Crippen MR) is 61.3 cm³/mol. The van der Waals surface area contributed by atoms with E-state index < -0.39 is 0 Å². The summed E-state index contributed by atoms with van der Waals surface area (Å²) in [6, 6.07) is 0. The van der Waals surface area contributed by atoms with Gasteiger partial charge in [0.25, 0.3) is 0 Å². The van der Waals surface area contributed by atoms with E-state index >= 15 is 0 Å². The number of hydrogen-bond donors (Lipinski definition) is 3. The minimum Gasteiger partial charge on any atom is -0.354 e. The largest absolute Gasteiger partial charge is 0.354 e. The fourth-order valence-electron chi connectivity index (χ4n) is 2.10. The number of nitrogens with two attached hydrogens (primary N) is 2. The molecule has 15 heavy (non-hydrogen) atoms. The van der Waals surface area contributed by atoms with Gasteiger partial charge in [0.1, 0.15) is 0 Å². The van der Waals surface area contributed by atoms with E-state index in [0.29, 0.717) is 19.5 Å². The van der Waals surface area contributed by atoms with Crippen molar-refractivity contribution in [2.75, 3.05) is 13.1 Å². The topological polar surface area (TPSA) is 81.1 Å². The van der Waals surface area contributed by atoms with Crippen LogP contribution in [0.1, 0.15) is 44.9 Å². The highest BCUT2D eigenvalue weighted by Gasteiger charge is 2.26. The standard InChI is InChI=1S/C11H23N3O/c12-8-5-10(15)14-9-11(13)6-3-1-2-4-7-11/h1-9,12-13H2,(H,14,15). The van der Waals surface area contributed by atoms with Gasteiger partial charge >= 0.3 is 0 Å². The number of hydrogen-bond acceptors (Lipinski definition) is 3. The summed E-state index contributed by atoms with van der Waals surface area (Å²) in [6.07, 6.45) is 7.36. The van der Waals surface area contributed by atoms with Crippen molar-refractivity contribution in [1.29, 1.82) is 0 Å². The monoisotopic (exact) mass is 213 g/mol. The average molecular weight is 213 g/mol. The Morgan fingerprint density at radius 2 is 1.80 bits per heavy atom. The fourth-order valence-corrected chi connectivity index (χ4v) is 2.10. The van der Waals surface area contributed by atoms with Gasteiger partial charge in [-0.3, -0.25) is 4.79 Å². The van der Waals surface area contributed by atoms with E-state index in [0.717, 1.165) is 12.8 Å². The van der Waals surface area contributed by atoms with Crippen LogP contribution < -0.4 is 16.8 Å². The van der Waals surface area contributed by atoms with Crippen LogP contribution in [0.15, 0.2) is 0 Å². The number of nitrogens with one attached hydrogen (secondary N) is 1. The molecule has 0 spiro atoms. The van der Waals surface area contributed by atoms with E-state index in [4.69, 9.17) is 11.5 Å². The van der Waals surface area contributed by atoms with Crippen molar-refractivity contribution in [1.82, 2.24) is 5.32 Å². The van der Waals surface area contributed by atoms with Gasteiger partial charge in [0.2, 0.25) is 5.91 Å². The maximum Gasteiger partial charge on any atom is 0.221 e. The summed E-state index contributed by atoms with van der Waals surface area (Å²) in [5, 5.41) is 2.88. The molecule has 1 rings (SSSR count). The normalized spacial score (nSPS) is 20.7. The molecule has 4 heteroatoms. The van der Waals surface area contributed by atoms with Crippen molar-refractivity contribution in [2.45, 2.75) is 50.5 Å². The SMILES string of the molecule is NCCC(=O)NCC1(N)CCCCCC1. The van der Waals surface area contributed by atoms with E-state index in [9.17, 15) is 4.79 Å². The van der Waals surface area contributed by atoms with Crippen LogP contribution in [0.25, 0.3) is 0 Å². The Kier molecular flexibility index (Phi) is 5.05. The van der Waals surface area contributed by atoms with Crippen LogP contribution in [0.5, 0.6) is 0 Å². The minimum absolute atomic E-state index is 0.0200. The zero-order valence-electron chi connectivity index (χ0n) is 9.43. The molecule has 0 heterocycles. The molecule has 0 aromatic rings. The van der Waals surface area contributed by atoms with Gasteiger partial charge in [-0.05, 0) is 12.8 Å². The first-order valence-corrected chi connectivity index (χ1v) is 5.92. The highest BCUT2D eigenvalue weighted by atomic mass is 16.1. The molecule has 0 saturated heterocycles.